The second kappa shape index (κ2) is 11.5. The van der Waals surface area contributed by atoms with E-state index >= 15 is 0 Å². The van der Waals surface area contributed by atoms with Crippen LogP contribution in [-0.4, -0.2) is 14.5 Å². The van der Waals surface area contributed by atoms with Gasteiger partial charge in [0.25, 0.3) is 0 Å². The SMILES string of the molecule is c1ccc(-c2nc(-n3c4ccc5ccccc5c4c4cccc(-c5cccc(-c6cccc7sc8ccccc8c67)c5)c43)nc3ccccc23)cc1. The van der Waals surface area contributed by atoms with Crippen molar-refractivity contribution >= 4 is 75.0 Å². The Balaban J connectivity index is 1.23. The first-order chi connectivity index (χ1) is 25.8. The second-order valence-corrected chi connectivity index (χ2v) is 14.4. The van der Waals surface area contributed by atoms with Crippen molar-refractivity contribution in [3.05, 3.63) is 176 Å². The highest BCUT2D eigenvalue weighted by Crippen LogP contribution is 2.44. The molecule has 0 unspecified atom stereocenters. The maximum atomic E-state index is 5.40. The fourth-order valence-electron chi connectivity index (χ4n) is 8.13. The highest BCUT2D eigenvalue weighted by atomic mass is 32.1. The Morgan fingerprint density at radius 3 is 1.98 bits per heavy atom. The smallest absolute Gasteiger partial charge is 0.235 e. The molecule has 242 valence electrons. The van der Waals surface area contributed by atoms with Gasteiger partial charge in [0.1, 0.15) is 0 Å². The van der Waals surface area contributed by atoms with Crippen LogP contribution in [0.2, 0.25) is 0 Å². The fraction of sp³-hybridized carbons (Fsp3) is 0. The van der Waals surface area contributed by atoms with E-state index < -0.39 is 0 Å². The standard InChI is InChI=1S/C48H29N3S/c1-2-14-31(15-3-1)46-37-19-6-8-24-40(37)49-48(50-46)51-41-28-27-30-13-4-5-18-34(30)44(41)39-23-11-22-36(47(39)51)33-17-10-16-32(29-33)35-21-12-26-43-45(35)38-20-7-9-25-42(38)52-43/h1-29H. The van der Waals surface area contributed by atoms with Gasteiger partial charge in [-0.2, -0.15) is 0 Å². The Hall–Kier alpha value is -6.62. The number of aromatic nitrogens is 3. The van der Waals surface area contributed by atoms with Gasteiger partial charge in [-0.05, 0) is 57.8 Å². The van der Waals surface area contributed by atoms with E-state index in [9.17, 15) is 0 Å². The van der Waals surface area contributed by atoms with E-state index in [4.69, 9.17) is 9.97 Å². The molecule has 0 saturated carbocycles. The highest BCUT2D eigenvalue weighted by molar-refractivity contribution is 7.25. The number of nitrogens with zero attached hydrogens (tertiary/aromatic N) is 3. The predicted molar refractivity (Wildman–Crippen MR) is 221 cm³/mol. The van der Waals surface area contributed by atoms with Crippen LogP contribution in [0.4, 0.5) is 0 Å². The van der Waals surface area contributed by atoms with Gasteiger partial charge in [0.15, 0.2) is 0 Å². The molecule has 8 aromatic carbocycles. The molecule has 0 spiro atoms. The summed E-state index contributed by atoms with van der Waals surface area (Å²) in [5, 5.41) is 8.47. The number of thiophene rings is 1. The first-order valence-corrected chi connectivity index (χ1v) is 18.4. The van der Waals surface area contributed by atoms with Crippen molar-refractivity contribution in [2.45, 2.75) is 0 Å². The second-order valence-electron chi connectivity index (χ2n) is 13.3. The molecule has 11 rings (SSSR count). The minimum atomic E-state index is 0.658. The van der Waals surface area contributed by atoms with Crippen LogP contribution in [-0.2, 0) is 0 Å². The van der Waals surface area contributed by atoms with Crippen LogP contribution >= 0.6 is 11.3 Å². The van der Waals surface area contributed by atoms with Crippen molar-refractivity contribution in [1.82, 2.24) is 14.5 Å². The Morgan fingerprint density at radius 2 is 1.08 bits per heavy atom. The van der Waals surface area contributed by atoms with Gasteiger partial charge in [-0.3, -0.25) is 4.57 Å². The zero-order chi connectivity index (χ0) is 34.2. The topological polar surface area (TPSA) is 30.7 Å². The van der Waals surface area contributed by atoms with E-state index in [2.05, 4.69) is 174 Å². The Bertz CT molecular complexity index is 3190. The van der Waals surface area contributed by atoms with Crippen LogP contribution in [0.15, 0.2) is 176 Å². The van der Waals surface area contributed by atoms with E-state index in [1.807, 2.05) is 17.4 Å². The summed E-state index contributed by atoms with van der Waals surface area (Å²) in [5.74, 6) is 0.658. The van der Waals surface area contributed by atoms with Crippen LogP contribution < -0.4 is 0 Å². The molecule has 11 aromatic rings. The Morgan fingerprint density at radius 1 is 0.423 bits per heavy atom. The van der Waals surface area contributed by atoms with E-state index in [-0.39, 0.29) is 0 Å². The number of rotatable bonds is 4. The average molecular weight is 680 g/mol. The maximum Gasteiger partial charge on any atom is 0.235 e. The molecule has 0 aliphatic carbocycles. The summed E-state index contributed by atoms with van der Waals surface area (Å²) in [6, 6.07) is 63.1. The number of para-hydroxylation sites is 2. The Kier molecular flexibility index (Phi) is 6.42. The molecule has 0 atom stereocenters. The molecule has 52 heavy (non-hydrogen) atoms. The lowest BCUT2D eigenvalue weighted by Crippen LogP contribution is -2.04. The van der Waals surface area contributed by atoms with Crippen molar-refractivity contribution < 1.29 is 0 Å². The van der Waals surface area contributed by atoms with E-state index in [1.54, 1.807) is 0 Å². The van der Waals surface area contributed by atoms with E-state index in [1.165, 1.54) is 52.8 Å². The highest BCUT2D eigenvalue weighted by Gasteiger charge is 2.22. The van der Waals surface area contributed by atoms with Gasteiger partial charge in [0, 0.05) is 47.5 Å². The molecule has 0 fully saturated rings. The van der Waals surface area contributed by atoms with Gasteiger partial charge in [0.05, 0.1) is 22.2 Å². The monoisotopic (exact) mass is 679 g/mol. The van der Waals surface area contributed by atoms with Gasteiger partial charge in [-0.15, -0.1) is 11.3 Å². The zero-order valence-electron chi connectivity index (χ0n) is 28.0. The molecule has 0 radical (unpaired) electrons. The predicted octanol–water partition coefficient (Wildman–Crippen LogP) is 13.2. The Labute approximate surface area is 303 Å². The summed E-state index contributed by atoms with van der Waals surface area (Å²) in [5.41, 5.74) is 9.82. The quantitative estimate of drug-likeness (QED) is 0.185. The van der Waals surface area contributed by atoms with E-state index in [0.29, 0.717) is 5.95 Å². The largest absolute Gasteiger partial charge is 0.277 e. The molecule has 0 amide bonds. The van der Waals surface area contributed by atoms with Crippen LogP contribution in [0.25, 0.3) is 103 Å². The molecule has 0 aliphatic heterocycles. The molecule has 0 aliphatic rings. The summed E-state index contributed by atoms with van der Waals surface area (Å²) in [7, 11) is 0. The van der Waals surface area contributed by atoms with Crippen molar-refractivity contribution in [1.29, 1.82) is 0 Å². The van der Waals surface area contributed by atoms with Gasteiger partial charge < -0.3 is 0 Å². The van der Waals surface area contributed by atoms with Gasteiger partial charge >= 0.3 is 0 Å². The molecular formula is C48H29N3S. The summed E-state index contributed by atoms with van der Waals surface area (Å²) in [6.07, 6.45) is 0. The maximum absolute atomic E-state index is 5.40. The average Bonchev–Trinajstić information content (AvgIpc) is 3.77. The molecular weight excluding hydrogens is 651 g/mol. The van der Waals surface area contributed by atoms with Gasteiger partial charge in [0.2, 0.25) is 5.95 Å². The third-order valence-corrected chi connectivity index (χ3v) is 11.5. The molecule has 0 saturated heterocycles. The minimum Gasteiger partial charge on any atom is -0.277 e. The minimum absolute atomic E-state index is 0.658. The first-order valence-electron chi connectivity index (χ1n) is 17.6. The lowest BCUT2D eigenvalue weighted by molar-refractivity contribution is 1.01. The number of hydrogen-bond acceptors (Lipinski definition) is 3. The fourth-order valence-corrected chi connectivity index (χ4v) is 9.26. The first kappa shape index (κ1) is 29.1. The molecule has 3 nitrogen and oxygen atoms in total. The van der Waals surface area contributed by atoms with Crippen LogP contribution in [0.1, 0.15) is 0 Å². The number of fused-ring (bicyclic) bond motifs is 9. The van der Waals surface area contributed by atoms with Crippen molar-refractivity contribution in [3.8, 4) is 39.5 Å². The van der Waals surface area contributed by atoms with Crippen LogP contribution in [0.3, 0.4) is 0 Å². The third kappa shape index (κ3) is 4.38. The molecule has 4 heteroatoms. The van der Waals surface area contributed by atoms with Gasteiger partial charge in [-0.1, -0.05) is 146 Å². The number of benzene rings is 8. The normalized spacial score (nSPS) is 11.8. The molecule has 0 N–H and O–H groups in total. The van der Waals surface area contributed by atoms with Crippen LogP contribution in [0, 0.1) is 0 Å². The van der Waals surface area contributed by atoms with Crippen molar-refractivity contribution in [2.24, 2.45) is 0 Å². The molecule has 0 bridgehead atoms. The van der Waals surface area contributed by atoms with Gasteiger partial charge in [-0.25, -0.2) is 9.97 Å². The van der Waals surface area contributed by atoms with Crippen LogP contribution in [0.5, 0.6) is 0 Å². The number of hydrogen-bond donors (Lipinski definition) is 0. The summed E-state index contributed by atoms with van der Waals surface area (Å²) < 4.78 is 4.92. The molecule has 3 heterocycles. The van der Waals surface area contributed by atoms with Crippen molar-refractivity contribution in [3.63, 3.8) is 0 Å². The summed E-state index contributed by atoms with van der Waals surface area (Å²) in [4.78, 5) is 10.7. The third-order valence-electron chi connectivity index (χ3n) is 10.4. The summed E-state index contributed by atoms with van der Waals surface area (Å²) >= 11 is 1.86. The lowest BCUT2D eigenvalue weighted by atomic mass is 9.95. The molecule has 3 aromatic heterocycles. The van der Waals surface area contributed by atoms with Crippen molar-refractivity contribution in [2.75, 3.05) is 0 Å². The summed E-state index contributed by atoms with van der Waals surface area (Å²) in [6.45, 7) is 0. The lowest BCUT2D eigenvalue weighted by Gasteiger charge is -2.14. The zero-order valence-corrected chi connectivity index (χ0v) is 28.8. The van der Waals surface area contributed by atoms with E-state index in [0.717, 1.165) is 44.3 Å².